The number of hydrogen-bond donors (Lipinski definition) is 0. The zero-order valence-corrected chi connectivity index (χ0v) is 13.9. The van der Waals surface area contributed by atoms with Crippen LogP contribution in [0.15, 0.2) is 41.8 Å². The number of carbonyl (C=O) groups is 1. The van der Waals surface area contributed by atoms with Crippen molar-refractivity contribution in [2.75, 3.05) is 32.7 Å². The summed E-state index contributed by atoms with van der Waals surface area (Å²) in [6, 6.07) is 10.9. The highest BCUT2D eigenvalue weighted by Gasteiger charge is 2.21. The lowest BCUT2D eigenvalue weighted by Gasteiger charge is -2.34. The van der Waals surface area contributed by atoms with E-state index in [2.05, 4.69) is 4.90 Å². The Morgan fingerprint density at radius 1 is 1.09 bits per heavy atom. The number of hydrogen-bond acceptors (Lipinski definition) is 3. The van der Waals surface area contributed by atoms with E-state index in [0.717, 1.165) is 49.6 Å². The van der Waals surface area contributed by atoms with Gasteiger partial charge in [0.15, 0.2) is 0 Å². The quantitative estimate of drug-likeness (QED) is 0.841. The monoisotopic (exact) mass is 332 g/mol. The van der Waals surface area contributed by atoms with Crippen molar-refractivity contribution in [2.45, 2.75) is 12.8 Å². The fourth-order valence-electron chi connectivity index (χ4n) is 2.87. The van der Waals surface area contributed by atoms with Gasteiger partial charge in [0.1, 0.15) is 5.82 Å². The molecule has 122 valence electrons. The van der Waals surface area contributed by atoms with Gasteiger partial charge < -0.3 is 4.90 Å². The second-order valence-electron chi connectivity index (χ2n) is 5.82. The third-order valence-corrected chi connectivity index (χ3v) is 5.16. The molecule has 0 aliphatic carbocycles. The zero-order chi connectivity index (χ0) is 16.1. The summed E-state index contributed by atoms with van der Waals surface area (Å²) in [6.45, 7) is 4.10. The predicted octanol–water partition coefficient (Wildman–Crippen LogP) is 2.82. The summed E-state index contributed by atoms with van der Waals surface area (Å²) in [5.74, 6) is 0.0819. The highest BCUT2D eigenvalue weighted by atomic mass is 32.1. The molecule has 1 aliphatic heterocycles. The van der Waals surface area contributed by atoms with Gasteiger partial charge in [-0.05, 0) is 29.5 Å². The molecule has 1 aromatic carbocycles. The maximum atomic E-state index is 13.6. The van der Waals surface area contributed by atoms with Crippen LogP contribution in [0.4, 0.5) is 4.39 Å². The molecule has 1 aliphatic rings. The van der Waals surface area contributed by atoms with Crippen molar-refractivity contribution in [2.24, 2.45) is 0 Å². The summed E-state index contributed by atoms with van der Waals surface area (Å²) in [4.78, 5) is 17.6. The van der Waals surface area contributed by atoms with Crippen LogP contribution in [0.3, 0.4) is 0 Å². The Labute approximate surface area is 140 Å². The lowest BCUT2D eigenvalue weighted by molar-refractivity contribution is -0.132. The maximum absolute atomic E-state index is 13.6. The molecule has 0 radical (unpaired) electrons. The molecular weight excluding hydrogens is 311 g/mol. The summed E-state index contributed by atoms with van der Waals surface area (Å²) in [7, 11) is 0. The van der Waals surface area contributed by atoms with Crippen LogP contribution < -0.4 is 0 Å². The van der Waals surface area contributed by atoms with Crippen LogP contribution >= 0.6 is 11.3 Å². The first-order valence-corrected chi connectivity index (χ1v) is 8.86. The summed E-state index contributed by atoms with van der Waals surface area (Å²) in [5, 5.41) is 2.00. The van der Waals surface area contributed by atoms with E-state index in [4.69, 9.17) is 0 Å². The molecule has 1 amide bonds. The average molecular weight is 332 g/mol. The minimum Gasteiger partial charge on any atom is -0.340 e. The zero-order valence-electron chi connectivity index (χ0n) is 13.1. The molecule has 1 saturated heterocycles. The molecule has 2 aromatic rings. The smallest absolute Gasteiger partial charge is 0.227 e. The van der Waals surface area contributed by atoms with Gasteiger partial charge in [-0.25, -0.2) is 4.39 Å². The normalized spacial score (nSPS) is 15.8. The van der Waals surface area contributed by atoms with Crippen LogP contribution in [0.1, 0.15) is 10.4 Å². The molecule has 23 heavy (non-hydrogen) atoms. The number of carbonyl (C=O) groups excluding carboxylic acids is 1. The summed E-state index contributed by atoms with van der Waals surface area (Å²) in [5.41, 5.74) is 0.767. The van der Waals surface area contributed by atoms with Crippen molar-refractivity contribution in [3.05, 3.63) is 58.0 Å². The first kappa shape index (κ1) is 16.1. The van der Waals surface area contributed by atoms with Crippen LogP contribution in [0.2, 0.25) is 0 Å². The number of benzene rings is 1. The number of thiophene rings is 1. The number of rotatable bonds is 5. The fourth-order valence-corrected chi connectivity index (χ4v) is 3.57. The second-order valence-corrected chi connectivity index (χ2v) is 6.85. The Hall–Kier alpha value is -1.72. The highest BCUT2D eigenvalue weighted by molar-refractivity contribution is 7.10. The Morgan fingerprint density at radius 2 is 1.87 bits per heavy atom. The van der Waals surface area contributed by atoms with E-state index in [9.17, 15) is 9.18 Å². The van der Waals surface area contributed by atoms with Gasteiger partial charge in [-0.1, -0.05) is 24.3 Å². The Balaban J connectivity index is 1.43. The molecule has 1 aromatic heterocycles. The van der Waals surface area contributed by atoms with Crippen molar-refractivity contribution < 1.29 is 9.18 Å². The number of amides is 1. The lowest BCUT2D eigenvalue weighted by atomic mass is 10.1. The molecule has 2 heterocycles. The van der Waals surface area contributed by atoms with Gasteiger partial charge in [0.2, 0.25) is 5.91 Å². The van der Waals surface area contributed by atoms with Gasteiger partial charge in [-0.3, -0.25) is 9.69 Å². The van der Waals surface area contributed by atoms with Gasteiger partial charge in [0, 0.05) is 37.6 Å². The van der Waals surface area contributed by atoms with Crippen LogP contribution in [0.5, 0.6) is 0 Å². The molecule has 3 rings (SSSR count). The first-order chi connectivity index (χ1) is 11.2. The predicted molar refractivity (Wildman–Crippen MR) is 91.1 cm³/mol. The van der Waals surface area contributed by atoms with E-state index in [1.807, 2.05) is 34.5 Å². The molecule has 1 fully saturated rings. The minimum absolute atomic E-state index is 0.128. The molecule has 0 unspecified atom stereocenters. The van der Waals surface area contributed by atoms with Gasteiger partial charge >= 0.3 is 0 Å². The minimum atomic E-state index is -0.128. The average Bonchev–Trinajstić information content (AvgIpc) is 3.07. The van der Waals surface area contributed by atoms with Crippen LogP contribution in [0, 0.1) is 5.82 Å². The fraction of sp³-hybridized carbons (Fsp3) is 0.389. The molecule has 0 bridgehead atoms. The highest BCUT2D eigenvalue weighted by Crippen LogP contribution is 2.13. The third kappa shape index (κ3) is 4.39. The Kier molecular flexibility index (Phi) is 5.41. The largest absolute Gasteiger partial charge is 0.340 e. The summed E-state index contributed by atoms with van der Waals surface area (Å²) >= 11 is 1.63. The summed E-state index contributed by atoms with van der Waals surface area (Å²) < 4.78 is 13.6. The van der Waals surface area contributed by atoms with Crippen molar-refractivity contribution in [3.8, 4) is 0 Å². The lowest BCUT2D eigenvalue weighted by Crippen LogP contribution is -2.49. The SMILES string of the molecule is O=C(Cc1cccs1)N1CCN(CCc2ccccc2F)CC1. The number of piperazine rings is 1. The second kappa shape index (κ2) is 7.70. The summed E-state index contributed by atoms with van der Waals surface area (Å²) in [6.07, 6.45) is 1.22. The van der Waals surface area contributed by atoms with Crippen LogP contribution in [-0.2, 0) is 17.6 Å². The van der Waals surface area contributed by atoms with Gasteiger partial charge in [0.25, 0.3) is 0 Å². The molecule has 0 spiro atoms. The third-order valence-electron chi connectivity index (χ3n) is 4.29. The van der Waals surface area contributed by atoms with Crippen molar-refractivity contribution in [1.82, 2.24) is 9.80 Å². The Morgan fingerprint density at radius 3 is 2.57 bits per heavy atom. The van der Waals surface area contributed by atoms with E-state index in [-0.39, 0.29) is 11.7 Å². The van der Waals surface area contributed by atoms with Crippen LogP contribution in [0.25, 0.3) is 0 Å². The maximum Gasteiger partial charge on any atom is 0.227 e. The van der Waals surface area contributed by atoms with Gasteiger partial charge in [-0.15, -0.1) is 11.3 Å². The standard InChI is InChI=1S/C18H21FN2OS/c19-17-6-2-1-4-15(17)7-8-20-9-11-21(12-10-20)18(22)14-16-5-3-13-23-16/h1-6,13H,7-12,14H2. The van der Waals surface area contributed by atoms with Gasteiger partial charge in [-0.2, -0.15) is 0 Å². The van der Waals surface area contributed by atoms with E-state index >= 15 is 0 Å². The Bertz CT molecular complexity index is 636. The van der Waals surface area contributed by atoms with E-state index in [1.54, 1.807) is 17.4 Å². The van der Waals surface area contributed by atoms with Crippen LogP contribution in [-0.4, -0.2) is 48.4 Å². The first-order valence-electron chi connectivity index (χ1n) is 7.98. The molecular formula is C18H21FN2OS. The number of nitrogens with zero attached hydrogens (tertiary/aromatic N) is 2. The van der Waals surface area contributed by atoms with Crippen molar-refractivity contribution in [3.63, 3.8) is 0 Å². The molecule has 3 nitrogen and oxygen atoms in total. The van der Waals surface area contributed by atoms with Crippen molar-refractivity contribution in [1.29, 1.82) is 0 Å². The van der Waals surface area contributed by atoms with E-state index < -0.39 is 0 Å². The van der Waals surface area contributed by atoms with E-state index in [1.165, 1.54) is 6.07 Å². The number of halogens is 1. The van der Waals surface area contributed by atoms with Crippen molar-refractivity contribution >= 4 is 17.2 Å². The molecule has 0 N–H and O–H groups in total. The topological polar surface area (TPSA) is 23.6 Å². The van der Waals surface area contributed by atoms with Gasteiger partial charge in [0.05, 0.1) is 6.42 Å². The molecule has 0 saturated carbocycles. The van der Waals surface area contributed by atoms with E-state index in [0.29, 0.717) is 6.42 Å². The molecule has 5 heteroatoms. The molecule has 0 atom stereocenters.